The summed E-state index contributed by atoms with van der Waals surface area (Å²) in [4.78, 5) is 18.2. The van der Waals surface area contributed by atoms with Crippen LogP contribution in [-0.2, 0) is 16.4 Å². The second kappa shape index (κ2) is 10.5. The van der Waals surface area contributed by atoms with Crippen LogP contribution in [0.2, 0.25) is 0 Å². The third-order valence-corrected chi connectivity index (χ3v) is 7.81. The molecule has 1 aliphatic heterocycles. The number of primary amides is 1. The number of pyridine rings is 1. The van der Waals surface area contributed by atoms with E-state index in [9.17, 15) is 22.0 Å². The molecule has 0 radical (unpaired) electrons. The van der Waals surface area contributed by atoms with Gasteiger partial charge < -0.3 is 21.3 Å². The lowest BCUT2D eigenvalue weighted by molar-refractivity contribution is 0.100. The van der Waals surface area contributed by atoms with E-state index in [1.165, 1.54) is 24.6 Å². The van der Waals surface area contributed by atoms with Crippen molar-refractivity contribution in [2.24, 2.45) is 5.73 Å². The third kappa shape index (κ3) is 6.28. The number of nitrogens with one attached hydrogen (secondary N) is 2. The Balaban J connectivity index is 1.44. The van der Waals surface area contributed by atoms with Gasteiger partial charge in [0.1, 0.15) is 27.3 Å². The summed E-state index contributed by atoms with van der Waals surface area (Å²) in [6, 6.07) is 12.4. The summed E-state index contributed by atoms with van der Waals surface area (Å²) in [6.07, 6.45) is 3.83. The molecule has 36 heavy (non-hydrogen) atoms. The van der Waals surface area contributed by atoms with E-state index in [0.717, 1.165) is 17.4 Å². The summed E-state index contributed by atoms with van der Waals surface area (Å²) >= 11 is 0. The predicted octanol–water partition coefficient (Wildman–Crippen LogP) is 3.83. The molecule has 0 aliphatic carbocycles. The van der Waals surface area contributed by atoms with Gasteiger partial charge in [0.2, 0.25) is 0 Å². The second-order valence-corrected chi connectivity index (χ2v) is 11.1. The number of nitrogens with zero attached hydrogens (tertiary/aromatic N) is 2. The maximum absolute atomic E-state index is 13.5. The quantitative estimate of drug-likeness (QED) is 0.417. The maximum atomic E-state index is 13.5. The number of sulfone groups is 1. The first-order valence-corrected chi connectivity index (χ1v) is 13.3. The maximum Gasteiger partial charge on any atom is 0.252 e. The fourth-order valence-electron chi connectivity index (χ4n) is 4.22. The number of benzene rings is 2. The summed E-state index contributed by atoms with van der Waals surface area (Å²) in [5, 5.41) is 5.87. The van der Waals surface area contributed by atoms with Gasteiger partial charge in [-0.2, -0.15) is 0 Å². The Labute approximate surface area is 208 Å². The van der Waals surface area contributed by atoms with E-state index in [-0.39, 0.29) is 17.4 Å². The number of amides is 1. The van der Waals surface area contributed by atoms with Gasteiger partial charge in [0.15, 0.2) is 0 Å². The SMILES string of the molecule is CS(=O)(=O)C1CCN(c2ccc(Nc3cc(NCc4cc(F)cc(F)c4)c(C(N)=O)cn3)cc2)CC1. The van der Waals surface area contributed by atoms with Gasteiger partial charge in [-0.05, 0) is 54.8 Å². The Hall–Kier alpha value is -3.73. The first-order chi connectivity index (χ1) is 17.1. The van der Waals surface area contributed by atoms with Crippen molar-refractivity contribution in [1.82, 2.24) is 4.98 Å². The molecule has 3 aromatic rings. The molecule has 1 aromatic heterocycles. The number of hydrogen-bond acceptors (Lipinski definition) is 7. The summed E-state index contributed by atoms with van der Waals surface area (Å²) in [7, 11) is -3.02. The average molecular weight is 516 g/mol. The monoisotopic (exact) mass is 515 g/mol. The van der Waals surface area contributed by atoms with Crippen LogP contribution in [0.15, 0.2) is 54.7 Å². The van der Waals surface area contributed by atoms with Crippen LogP contribution in [0.1, 0.15) is 28.8 Å². The highest BCUT2D eigenvalue weighted by atomic mass is 32.2. The molecule has 0 bridgehead atoms. The van der Waals surface area contributed by atoms with Crippen LogP contribution in [-0.4, -0.2) is 43.9 Å². The van der Waals surface area contributed by atoms with Gasteiger partial charge in [0, 0.05) is 55.6 Å². The second-order valence-electron chi connectivity index (χ2n) is 8.80. The molecule has 0 atom stereocenters. The zero-order chi connectivity index (χ0) is 25.9. The zero-order valence-electron chi connectivity index (χ0n) is 19.7. The molecule has 4 N–H and O–H groups in total. The molecule has 2 aromatic carbocycles. The van der Waals surface area contributed by atoms with Crippen molar-refractivity contribution < 1.29 is 22.0 Å². The van der Waals surface area contributed by atoms with Gasteiger partial charge >= 0.3 is 0 Å². The van der Waals surface area contributed by atoms with Crippen molar-refractivity contribution in [3.63, 3.8) is 0 Å². The summed E-state index contributed by atoms with van der Waals surface area (Å²) in [5.41, 5.74) is 8.08. The van der Waals surface area contributed by atoms with Gasteiger partial charge in [-0.1, -0.05) is 0 Å². The largest absolute Gasteiger partial charge is 0.380 e. The molecule has 2 heterocycles. The normalized spacial score (nSPS) is 14.5. The van der Waals surface area contributed by atoms with Crippen molar-refractivity contribution >= 4 is 38.6 Å². The lowest BCUT2D eigenvalue weighted by Crippen LogP contribution is -2.38. The van der Waals surface area contributed by atoms with E-state index in [2.05, 4.69) is 20.5 Å². The molecule has 1 saturated heterocycles. The topological polar surface area (TPSA) is 117 Å². The lowest BCUT2D eigenvalue weighted by atomic mass is 10.1. The van der Waals surface area contributed by atoms with Crippen LogP contribution in [0, 0.1) is 11.6 Å². The van der Waals surface area contributed by atoms with E-state index in [0.29, 0.717) is 43.0 Å². The Kier molecular flexibility index (Phi) is 7.39. The molecule has 11 heteroatoms. The molecule has 1 fully saturated rings. The fourth-order valence-corrected chi connectivity index (χ4v) is 5.29. The van der Waals surface area contributed by atoms with Crippen LogP contribution in [0.25, 0.3) is 0 Å². The minimum Gasteiger partial charge on any atom is -0.380 e. The standard InChI is InChI=1S/C25H27F2N5O3S/c1-36(34,35)21-6-8-32(9-7-21)20-4-2-19(3-5-20)31-24-13-23(22(15-30-24)25(28)33)29-14-16-10-17(26)12-18(27)11-16/h2-5,10-13,15,21H,6-9,14H2,1H3,(H2,28,33)(H2,29,30,31). The van der Waals surface area contributed by atoms with Crippen molar-refractivity contribution in [1.29, 1.82) is 0 Å². The molecule has 0 saturated carbocycles. The molecule has 0 spiro atoms. The highest BCUT2D eigenvalue weighted by Gasteiger charge is 2.26. The molecule has 0 unspecified atom stereocenters. The minimum absolute atomic E-state index is 0.0726. The predicted molar refractivity (Wildman–Crippen MR) is 136 cm³/mol. The molecule has 190 valence electrons. The number of carbonyl (C=O) groups excluding carboxylic acids is 1. The average Bonchev–Trinajstić information content (AvgIpc) is 2.82. The third-order valence-electron chi connectivity index (χ3n) is 6.13. The Morgan fingerprint density at radius 3 is 2.31 bits per heavy atom. The number of anilines is 4. The number of halogens is 2. The molecule has 4 rings (SSSR count). The molecular weight excluding hydrogens is 488 g/mol. The zero-order valence-corrected chi connectivity index (χ0v) is 20.5. The van der Waals surface area contributed by atoms with Crippen LogP contribution in [0.5, 0.6) is 0 Å². The fraction of sp³-hybridized carbons (Fsp3) is 0.280. The highest BCUT2D eigenvalue weighted by Crippen LogP contribution is 2.27. The van der Waals surface area contributed by atoms with E-state index >= 15 is 0 Å². The Morgan fingerprint density at radius 2 is 1.72 bits per heavy atom. The van der Waals surface area contributed by atoms with Crippen LogP contribution >= 0.6 is 0 Å². The number of aromatic nitrogens is 1. The number of rotatable bonds is 8. The van der Waals surface area contributed by atoms with Crippen LogP contribution < -0.4 is 21.3 Å². The van der Waals surface area contributed by atoms with Crippen LogP contribution in [0.4, 0.5) is 31.7 Å². The Morgan fingerprint density at radius 1 is 1.08 bits per heavy atom. The van der Waals surface area contributed by atoms with Gasteiger partial charge in [-0.15, -0.1) is 0 Å². The first kappa shape index (κ1) is 25.4. The Bertz CT molecular complexity index is 1340. The number of carbonyl (C=O) groups is 1. The summed E-state index contributed by atoms with van der Waals surface area (Å²) in [5.74, 6) is -1.63. The molecular formula is C25H27F2N5O3S. The molecule has 1 amide bonds. The van der Waals surface area contributed by atoms with Crippen molar-refractivity contribution in [2.75, 3.05) is 34.9 Å². The van der Waals surface area contributed by atoms with Crippen LogP contribution in [0.3, 0.4) is 0 Å². The van der Waals surface area contributed by atoms with Gasteiger partial charge in [-0.3, -0.25) is 4.79 Å². The van der Waals surface area contributed by atoms with Crippen molar-refractivity contribution in [3.8, 4) is 0 Å². The van der Waals surface area contributed by atoms with E-state index < -0.39 is 27.4 Å². The lowest BCUT2D eigenvalue weighted by Gasteiger charge is -2.32. The highest BCUT2D eigenvalue weighted by molar-refractivity contribution is 7.91. The van der Waals surface area contributed by atoms with Gasteiger partial charge in [0.25, 0.3) is 5.91 Å². The van der Waals surface area contributed by atoms with Gasteiger partial charge in [0.05, 0.1) is 16.5 Å². The summed E-state index contributed by atoms with van der Waals surface area (Å²) in [6.45, 7) is 1.42. The van der Waals surface area contributed by atoms with Crippen molar-refractivity contribution in [2.45, 2.75) is 24.6 Å². The van der Waals surface area contributed by atoms with Crippen molar-refractivity contribution in [3.05, 3.63) is 77.5 Å². The van der Waals surface area contributed by atoms with E-state index in [4.69, 9.17) is 5.73 Å². The molecule has 1 aliphatic rings. The molecule has 8 nitrogen and oxygen atoms in total. The first-order valence-electron chi connectivity index (χ1n) is 11.4. The van der Waals surface area contributed by atoms with Gasteiger partial charge in [-0.25, -0.2) is 22.2 Å². The van der Waals surface area contributed by atoms with E-state index in [1.807, 2.05) is 24.3 Å². The number of piperidine rings is 1. The minimum atomic E-state index is -3.02. The summed E-state index contributed by atoms with van der Waals surface area (Å²) < 4.78 is 50.5. The smallest absolute Gasteiger partial charge is 0.252 e. The van der Waals surface area contributed by atoms with E-state index in [1.54, 1.807) is 6.07 Å². The number of nitrogens with two attached hydrogens (primary N) is 1. The number of hydrogen-bond donors (Lipinski definition) is 3.